The first-order valence-electron chi connectivity index (χ1n) is 5.86. The number of carbonyl (C=O) groups is 1. The number of aryl methyl sites for hydroxylation is 2. The van der Waals surface area contributed by atoms with Gasteiger partial charge in [-0.05, 0) is 32.9 Å². The number of rotatable bonds is 3. The molecule has 0 aliphatic rings. The number of amides is 1. The van der Waals surface area contributed by atoms with Gasteiger partial charge in [0, 0.05) is 11.9 Å². The highest BCUT2D eigenvalue weighted by Crippen LogP contribution is 2.29. The number of halogens is 1. The van der Waals surface area contributed by atoms with Crippen molar-refractivity contribution in [3.8, 4) is 0 Å². The van der Waals surface area contributed by atoms with E-state index in [4.69, 9.17) is 11.6 Å². The molecule has 0 unspecified atom stereocenters. The lowest BCUT2D eigenvalue weighted by atomic mass is 10.2. The number of hydrogen-bond acceptors (Lipinski definition) is 4. The zero-order valence-electron chi connectivity index (χ0n) is 11.2. The Hall–Kier alpha value is -0.910. The molecule has 2 aromatic rings. The molecule has 3 nitrogen and oxygen atoms in total. The van der Waals surface area contributed by atoms with Crippen molar-refractivity contribution in [2.45, 2.75) is 26.8 Å². The van der Waals surface area contributed by atoms with Crippen molar-refractivity contribution < 1.29 is 4.79 Å². The third kappa shape index (κ3) is 2.99. The zero-order chi connectivity index (χ0) is 14.2. The van der Waals surface area contributed by atoms with Crippen LogP contribution in [0.3, 0.4) is 0 Å². The molecule has 0 aromatic carbocycles. The standard InChI is InChI=1S/C13H15ClN2OS2/c1-7(12-8(2)18-9(3)15-12)16(4)13(17)10-5-6-11(14)19-10/h5-7H,1-4H3/t7-/m0/s1. The van der Waals surface area contributed by atoms with E-state index in [-0.39, 0.29) is 11.9 Å². The second-order valence-electron chi connectivity index (χ2n) is 4.37. The van der Waals surface area contributed by atoms with Crippen LogP contribution in [0, 0.1) is 13.8 Å². The SMILES string of the molecule is Cc1nc([C@H](C)N(C)C(=O)c2ccc(Cl)s2)c(C)s1. The minimum absolute atomic E-state index is 0.0190. The molecule has 19 heavy (non-hydrogen) atoms. The van der Waals surface area contributed by atoms with Crippen molar-refractivity contribution in [3.05, 3.63) is 36.9 Å². The Kier molecular flexibility index (Phi) is 4.28. The maximum atomic E-state index is 12.3. The van der Waals surface area contributed by atoms with Crippen molar-refractivity contribution >= 4 is 40.2 Å². The highest BCUT2D eigenvalue weighted by Gasteiger charge is 2.23. The Bertz CT molecular complexity index is 606. The summed E-state index contributed by atoms with van der Waals surface area (Å²) in [6, 6.07) is 3.46. The molecule has 0 radical (unpaired) electrons. The van der Waals surface area contributed by atoms with E-state index in [0.717, 1.165) is 15.6 Å². The second kappa shape index (κ2) is 5.61. The summed E-state index contributed by atoms with van der Waals surface area (Å²) in [5.74, 6) is -0.0190. The molecule has 0 fully saturated rings. The van der Waals surface area contributed by atoms with Gasteiger partial charge in [0.2, 0.25) is 0 Å². The molecule has 0 bridgehead atoms. The van der Waals surface area contributed by atoms with Crippen LogP contribution in [-0.4, -0.2) is 22.8 Å². The Labute approximate surface area is 125 Å². The molecule has 0 saturated heterocycles. The Morgan fingerprint density at radius 2 is 2.05 bits per heavy atom. The maximum Gasteiger partial charge on any atom is 0.264 e. The van der Waals surface area contributed by atoms with E-state index in [9.17, 15) is 4.79 Å². The van der Waals surface area contributed by atoms with Crippen molar-refractivity contribution in [1.29, 1.82) is 0 Å². The number of carbonyl (C=O) groups excluding carboxylic acids is 1. The average molecular weight is 315 g/mol. The Balaban J connectivity index is 2.21. The van der Waals surface area contributed by atoms with E-state index in [2.05, 4.69) is 4.98 Å². The lowest BCUT2D eigenvalue weighted by Gasteiger charge is -2.23. The van der Waals surface area contributed by atoms with Gasteiger partial charge in [-0.3, -0.25) is 4.79 Å². The van der Waals surface area contributed by atoms with Crippen molar-refractivity contribution in [1.82, 2.24) is 9.88 Å². The maximum absolute atomic E-state index is 12.3. The van der Waals surface area contributed by atoms with Crippen LogP contribution >= 0.6 is 34.3 Å². The molecular weight excluding hydrogens is 300 g/mol. The van der Waals surface area contributed by atoms with Crippen molar-refractivity contribution in [2.75, 3.05) is 7.05 Å². The fourth-order valence-electron chi connectivity index (χ4n) is 1.89. The number of thiazole rings is 1. The summed E-state index contributed by atoms with van der Waals surface area (Å²) in [7, 11) is 1.80. The van der Waals surface area contributed by atoms with Crippen LogP contribution in [0.2, 0.25) is 4.34 Å². The fraction of sp³-hybridized carbons (Fsp3) is 0.385. The van der Waals surface area contributed by atoms with Gasteiger partial charge in [0.05, 0.1) is 26.0 Å². The van der Waals surface area contributed by atoms with Gasteiger partial charge < -0.3 is 4.90 Å². The summed E-state index contributed by atoms with van der Waals surface area (Å²) >= 11 is 8.83. The molecule has 0 spiro atoms. The zero-order valence-corrected chi connectivity index (χ0v) is 13.6. The second-order valence-corrected chi connectivity index (χ2v) is 7.49. The van der Waals surface area contributed by atoms with Crippen LogP contribution in [0.5, 0.6) is 0 Å². The first kappa shape index (κ1) is 14.5. The molecule has 0 saturated carbocycles. The number of nitrogens with zero attached hydrogens (tertiary/aromatic N) is 2. The summed E-state index contributed by atoms with van der Waals surface area (Å²) in [5.41, 5.74) is 0.973. The third-order valence-electron chi connectivity index (χ3n) is 3.02. The highest BCUT2D eigenvalue weighted by molar-refractivity contribution is 7.18. The lowest BCUT2D eigenvalue weighted by Crippen LogP contribution is -2.29. The fourth-order valence-corrected chi connectivity index (χ4v) is 3.83. The van der Waals surface area contributed by atoms with Gasteiger partial charge in [-0.15, -0.1) is 22.7 Å². The van der Waals surface area contributed by atoms with Gasteiger partial charge in [0.1, 0.15) is 0 Å². The number of hydrogen-bond donors (Lipinski definition) is 0. The molecule has 1 atom stereocenters. The predicted molar refractivity (Wildman–Crippen MR) is 81.4 cm³/mol. The normalized spacial score (nSPS) is 12.5. The molecule has 102 valence electrons. The van der Waals surface area contributed by atoms with E-state index >= 15 is 0 Å². The summed E-state index contributed by atoms with van der Waals surface area (Å²) < 4.78 is 0.630. The van der Waals surface area contributed by atoms with E-state index in [1.807, 2.05) is 20.8 Å². The van der Waals surface area contributed by atoms with Crippen LogP contribution in [0.4, 0.5) is 0 Å². The topological polar surface area (TPSA) is 33.2 Å². The molecule has 2 heterocycles. The molecular formula is C13H15ClN2OS2. The van der Waals surface area contributed by atoms with Gasteiger partial charge in [0.15, 0.2) is 0 Å². The van der Waals surface area contributed by atoms with Crippen LogP contribution in [0.25, 0.3) is 0 Å². The number of thiophene rings is 1. The lowest BCUT2D eigenvalue weighted by molar-refractivity contribution is 0.0744. The minimum atomic E-state index is -0.0432. The van der Waals surface area contributed by atoms with Gasteiger partial charge in [-0.25, -0.2) is 4.98 Å². The summed E-state index contributed by atoms with van der Waals surface area (Å²) in [6.45, 7) is 6.01. The number of aromatic nitrogens is 1. The summed E-state index contributed by atoms with van der Waals surface area (Å²) in [4.78, 5) is 20.4. The van der Waals surface area contributed by atoms with E-state index < -0.39 is 0 Å². The first-order valence-corrected chi connectivity index (χ1v) is 7.87. The van der Waals surface area contributed by atoms with Crippen LogP contribution in [0.15, 0.2) is 12.1 Å². The largest absolute Gasteiger partial charge is 0.333 e. The smallest absolute Gasteiger partial charge is 0.264 e. The molecule has 6 heteroatoms. The monoisotopic (exact) mass is 314 g/mol. The average Bonchev–Trinajstić information content (AvgIpc) is 2.92. The van der Waals surface area contributed by atoms with Gasteiger partial charge in [-0.1, -0.05) is 11.6 Å². The van der Waals surface area contributed by atoms with Crippen molar-refractivity contribution in [3.63, 3.8) is 0 Å². The van der Waals surface area contributed by atoms with E-state index in [1.54, 1.807) is 35.4 Å². The van der Waals surface area contributed by atoms with Gasteiger partial charge >= 0.3 is 0 Å². The van der Waals surface area contributed by atoms with Gasteiger partial charge in [-0.2, -0.15) is 0 Å². The van der Waals surface area contributed by atoms with E-state index in [0.29, 0.717) is 9.21 Å². The molecule has 1 amide bonds. The summed E-state index contributed by atoms with van der Waals surface area (Å²) in [5, 5.41) is 1.03. The summed E-state index contributed by atoms with van der Waals surface area (Å²) in [6.07, 6.45) is 0. The van der Waals surface area contributed by atoms with Gasteiger partial charge in [0.25, 0.3) is 5.91 Å². The van der Waals surface area contributed by atoms with Crippen LogP contribution in [0.1, 0.15) is 38.2 Å². The molecule has 2 rings (SSSR count). The first-order chi connectivity index (χ1) is 8.90. The predicted octanol–water partition coefficient (Wildman–Crippen LogP) is 4.31. The minimum Gasteiger partial charge on any atom is -0.333 e. The highest BCUT2D eigenvalue weighted by atomic mass is 35.5. The molecule has 2 aromatic heterocycles. The van der Waals surface area contributed by atoms with Crippen LogP contribution < -0.4 is 0 Å². The van der Waals surface area contributed by atoms with Crippen LogP contribution in [-0.2, 0) is 0 Å². The van der Waals surface area contributed by atoms with Crippen molar-refractivity contribution in [2.24, 2.45) is 0 Å². The third-order valence-corrected chi connectivity index (χ3v) is 5.14. The van der Waals surface area contributed by atoms with E-state index in [1.165, 1.54) is 11.3 Å². The Morgan fingerprint density at radius 1 is 1.37 bits per heavy atom. The Morgan fingerprint density at radius 3 is 2.53 bits per heavy atom. The molecule has 0 N–H and O–H groups in total. The quantitative estimate of drug-likeness (QED) is 0.846. The molecule has 0 aliphatic carbocycles. The molecule has 0 aliphatic heterocycles.